The van der Waals surface area contributed by atoms with Gasteiger partial charge in [0.25, 0.3) is 6.43 Å². The lowest BCUT2D eigenvalue weighted by Gasteiger charge is -2.35. The first-order valence-electron chi connectivity index (χ1n) is 7.02. The summed E-state index contributed by atoms with van der Waals surface area (Å²) >= 11 is 0. The van der Waals surface area contributed by atoms with Crippen LogP contribution in [0.3, 0.4) is 0 Å². The second kappa shape index (κ2) is 6.96. The fraction of sp³-hybridized carbons (Fsp3) is 0.600. The maximum Gasteiger partial charge on any atom is 0.263 e. The van der Waals surface area contributed by atoms with Crippen molar-refractivity contribution >= 4 is 0 Å². The van der Waals surface area contributed by atoms with Crippen LogP contribution in [0, 0.1) is 0 Å². The molecule has 1 aliphatic rings. The van der Waals surface area contributed by atoms with Gasteiger partial charge in [-0.25, -0.2) is 8.78 Å². The number of alkyl halides is 2. The summed E-state index contributed by atoms with van der Waals surface area (Å²) in [6.07, 6.45) is 2.22. The predicted molar refractivity (Wildman–Crippen MR) is 73.1 cm³/mol. The minimum Gasteiger partial charge on any atom is -0.330 e. The van der Waals surface area contributed by atoms with E-state index >= 15 is 0 Å². The van der Waals surface area contributed by atoms with Gasteiger partial charge in [-0.15, -0.1) is 0 Å². The molecule has 1 aliphatic heterocycles. The number of likely N-dealkylation sites (tertiary alicyclic amines) is 1. The quantitative estimate of drug-likeness (QED) is 0.887. The molecule has 4 heteroatoms. The van der Waals surface area contributed by atoms with Crippen molar-refractivity contribution in [1.29, 1.82) is 0 Å². The summed E-state index contributed by atoms with van der Waals surface area (Å²) in [5.41, 5.74) is 6.74. The lowest BCUT2D eigenvalue weighted by Crippen LogP contribution is -2.40. The van der Waals surface area contributed by atoms with E-state index in [1.165, 1.54) is 25.3 Å². The normalized spacial score (nSPS) is 20.9. The van der Waals surface area contributed by atoms with Crippen molar-refractivity contribution in [2.24, 2.45) is 5.73 Å². The Balaban J connectivity index is 2.03. The van der Waals surface area contributed by atoms with Crippen LogP contribution in [0.5, 0.6) is 0 Å². The smallest absolute Gasteiger partial charge is 0.263 e. The number of rotatable bonds is 5. The average Bonchev–Trinajstić information content (AvgIpc) is 2.41. The molecular weight excluding hydrogens is 246 g/mol. The molecule has 0 radical (unpaired) electrons. The highest BCUT2D eigenvalue weighted by molar-refractivity contribution is 5.24. The fourth-order valence-corrected chi connectivity index (χ4v) is 2.85. The molecule has 1 saturated heterocycles. The van der Waals surface area contributed by atoms with E-state index in [2.05, 4.69) is 4.90 Å². The Morgan fingerprint density at radius 1 is 1.32 bits per heavy atom. The Kier molecular flexibility index (Phi) is 5.28. The van der Waals surface area contributed by atoms with E-state index in [9.17, 15) is 8.78 Å². The Hall–Kier alpha value is -1.00. The molecule has 1 unspecified atom stereocenters. The third-order valence-electron chi connectivity index (χ3n) is 3.84. The van der Waals surface area contributed by atoms with Gasteiger partial charge in [0.2, 0.25) is 0 Å². The lowest BCUT2D eigenvalue weighted by atomic mass is 9.98. The van der Waals surface area contributed by atoms with Crippen molar-refractivity contribution in [3.05, 3.63) is 35.4 Å². The van der Waals surface area contributed by atoms with Crippen LogP contribution < -0.4 is 5.73 Å². The molecule has 0 spiro atoms. The molecule has 2 N–H and O–H groups in total. The molecule has 1 atom stereocenters. The molecule has 0 aromatic heterocycles. The summed E-state index contributed by atoms with van der Waals surface area (Å²) in [6.45, 7) is 2.49. The number of nitrogens with zero attached hydrogens (tertiary/aromatic N) is 1. The van der Waals surface area contributed by atoms with Crippen molar-refractivity contribution in [3.63, 3.8) is 0 Å². The van der Waals surface area contributed by atoms with Crippen LogP contribution in [0.15, 0.2) is 24.3 Å². The maximum atomic E-state index is 12.7. The SMILES string of the molecule is NCCC1CCCCN1Cc1cccc(C(F)F)c1. The summed E-state index contributed by atoms with van der Waals surface area (Å²) in [5, 5.41) is 0. The molecule has 0 amide bonds. The Morgan fingerprint density at radius 3 is 2.89 bits per heavy atom. The molecule has 0 bridgehead atoms. The van der Waals surface area contributed by atoms with Gasteiger partial charge in [0, 0.05) is 18.2 Å². The number of benzene rings is 1. The Bertz CT molecular complexity index is 393. The fourth-order valence-electron chi connectivity index (χ4n) is 2.85. The summed E-state index contributed by atoms with van der Waals surface area (Å²) in [6, 6.07) is 7.27. The minimum absolute atomic E-state index is 0.116. The maximum absolute atomic E-state index is 12.7. The van der Waals surface area contributed by atoms with Gasteiger partial charge in [-0.1, -0.05) is 24.6 Å². The van der Waals surface area contributed by atoms with Crippen molar-refractivity contribution in [2.75, 3.05) is 13.1 Å². The monoisotopic (exact) mass is 268 g/mol. The summed E-state index contributed by atoms with van der Waals surface area (Å²) in [4.78, 5) is 2.39. The van der Waals surface area contributed by atoms with Gasteiger partial charge in [-0.05, 0) is 44.0 Å². The van der Waals surface area contributed by atoms with E-state index in [1.54, 1.807) is 12.1 Å². The van der Waals surface area contributed by atoms with Gasteiger partial charge in [0.1, 0.15) is 0 Å². The van der Waals surface area contributed by atoms with E-state index in [0.29, 0.717) is 12.6 Å². The largest absolute Gasteiger partial charge is 0.330 e. The first kappa shape index (κ1) is 14.4. The zero-order valence-corrected chi connectivity index (χ0v) is 11.2. The number of hydrogen-bond donors (Lipinski definition) is 1. The third-order valence-corrected chi connectivity index (χ3v) is 3.84. The third kappa shape index (κ3) is 3.98. The van der Waals surface area contributed by atoms with Gasteiger partial charge in [0.15, 0.2) is 0 Å². The van der Waals surface area contributed by atoms with Crippen LogP contribution in [0.4, 0.5) is 8.78 Å². The number of hydrogen-bond acceptors (Lipinski definition) is 2. The van der Waals surface area contributed by atoms with E-state index in [4.69, 9.17) is 5.73 Å². The van der Waals surface area contributed by atoms with Crippen LogP contribution in [0.25, 0.3) is 0 Å². The topological polar surface area (TPSA) is 29.3 Å². The van der Waals surface area contributed by atoms with E-state index in [1.807, 2.05) is 6.07 Å². The lowest BCUT2D eigenvalue weighted by molar-refractivity contribution is 0.133. The number of nitrogens with two attached hydrogens (primary N) is 1. The van der Waals surface area contributed by atoms with E-state index in [0.717, 1.165) is 25.1 Å². The standard InChI is InChI=1S/C15H22F2N2/c16-15(17)13-5-3-4-12(10-13)11-19-9-2-1-6-14(19)7-8-18/h3-5,10,14-15H,1-2,6-9,11,18H2. The molecule has 19 heavy (non-hydrogen) atoms. The summed E-state index contributed by atoms with van der Waals surface area (Å²) in [7, 11) is 0. The number of halogens is 2. The van der Waals surface area contributed by atoms with Crippen molar-refractivity contribution < 1.29 is 8.78 Å². The zero-order chi connectivity index (χ0) is 13.7. The van der Waals surface area contributed by atoms with Crippen LogP contribution in [0.2, 0.25) is 0 Å². The summed E-state index contributed by atoms with van der Waals surface area (Å²) < 4.78 is 25.4. The molecule has 106 valence electrons. The highest BCUT2D eigenvalue weighted by Gasteiger charge is 2.21. The van der Waals surface area contributed by atoms with Crippen LogP contribution in [0.1, 0.15) is 43.2 Å². The van der Waals surface area contributed by atoms with Crippen LogP contribution >= 0.6 is 0 Å². The van der Waals surface area contributed by atoms with Gasteiger partial charge < -0.3 is 5.73 Å². The molecule has 1 heterocycles. The van der Waals surface area contributed by atoms with E-state index in [-0.39, 0.29) is 5.56 Å². The Labute approximate surface area is 113 Å². The van der Waals surface area contributed by atoms with Gasteiger partial charge >= 0.3 is 0 Å². The molecule has 1 aromatic carbocycles. The van der Waals surface area contributed by atoms with Crippen molar-refractivity contribution in [2.45, 2.75) is 44.7 Å². The zero-order valence-electron chi connectivity index (χ0n) is 11.2. The molecule has 0 aliphatic carbocycles. The van der Waals surface area contributed by atoms with Crippen LogP contribution in [-0.4, -0.2) is 24.0 Å². The number of piperidine rings is 1. The molecule has 2 rings (SSSR count). The Morgan fingerprint density at radius 2 is 2.16 bits per heavy atom. The van der Waals surface area contributed by atoms with Crippen molar-refractivity contribution in [1.82, 2.24) is 4.90 Å². The minimum atomic E-state index is -2.39. The second-order valence-electron chi connectivity index (χ2n) is 5.24. The van der Waals surface area contributed by atoms with Crippen LogP contribution in [-0.2, 0) is 6.54 Å². The molecule has 1 fully saturated rings. The van der Waals surface area contributed by atoms with E-state index < -0.39 is 6.43 Å². The van der Waals surface area contributed by atoms with Gasteiger partial charge in [0.05, 0.1) is 0 Å². The average molecular weight is 268 g/mol. The second-order valence-corrected chi connectivity index (χ2v) is 5.24. The highest BCUT2D eigenvalue weighted by Crippen LogP contribution is 2.24. The molecule has 1 aromatic rings. The molecular formula is C15H22F2N2. The van der Waals surface area contributed by atoms with Gasteiger partial charge in [-0.2, -0.15) is 0 Å². The van der Waals surface area contributed by atoms with Gasteiger partial charge in [-0.3, -0.25) is 4.90 Å². The highest BCUT2D eigenvalue weighted by atomic mass is 19.3. The van der Waals surface area contributed by atoms with Crippen molar-refractivity contribution in [3.8, 4) is 0 Å². The predicted octanol–water partition coefficient (Wildman–Crippen LogP) is 3.33. The molecule has 0 saturated carbocycles. The molecule has 2 nitrogen and oxygen atoms in total. The first-order chi connectivity index (χ1) is 9.20. The first-order valence-corrected chi connectivity index (χ1v) is 7.02. The summed E-state index contributed by atoms with van der Waals surface area (Å²) in [5.74, 6) is 0.